The van der Waals surface area contributed by atoms with Crippen molar-refractivity contribution >= 4 is 28.4 Å². The number of halogens is 2. The number of rotatable bonds is 4. The van der Waals surface area contributed by atoms with Crippen molar-refractivity contribution in [2.45, 2.75) is 43.6 Å². The molecule has 24 heavy (non-hydrogen) atoms. The van der Waals surface area contributed by atoms with Gasteiger partial charge in [0.25, 0.3) is 0 Å². The Balaban J connectivity index is 1.67. The Bertz CT molecular complexity index is 649. The van der Waals surface area contributed by atoms with Crippen molar-refractivity contribution in [1.29, 1.82) is 0 Å². The molecular weight excluding hydrogens is 351 g/mol. The molecule has 1 aromatic carbocycles. The fourth-order valence-corrected chi connectivity index (χ4v) is 5.36. The molecule has 132 valence electrons. The fourth-order valence-electron chi connectivity index (χ4n) is 3.77. The maximum atomic E-state index is 14.5. The van der Waals surface area contributed by atoms with Gasteiger partial charge in [0.05, 0.1) is 5.02 Å². The van der Waals surface area contributed by atoms with Gasteiger partial charge in [-0.25, -0.2) is 9.18 Å². The molecule has 1 saturated carbocycles. The highest BCUT2D eigenvalue weighted by Gasteiger charge is 2.38. The summed E-state index contributed by atoms with van der Waals surface area (Å²) in [7, 11) is -0.826. The molecule has 0 aromatic heterocycles. The van der Waals surface area contributed by atoms with Crippen LogP contribution in [0.15, 0.2) is 18.2 Å². The lowest BCUT2D eigenvalue weighted by molar-refractivity contribution is 0.234. The van der Waals surface area contributed by atoms with Crippen molar-refractivity contribution in [2.75, 3.05) is 18.1 Å². The molecule has 2 N–H and O–H groups in total. The average molecular weight is 373 g/mol. The van der Waals surface area contributed by atoms with Crippen LogP contribution in [0.4, 0.5) is 9.18 Å². The minimum atomic E-state index is -0.826. The highest BCUT2D eigenvalue weighted by atomic mass is 35.5. The summed E-state index contributed by atoms with van der Waals surface area (Å²) in [6.07, 6.45) is 4.43. The largest absolute Gasteiger partial charge is 0.337 e. The zero-order valence-electron chi connectivity index (χ0n) is 13.4. The van der Waals surface area contributed by atoms with E-state index >= 15 is 0 Å². The quantitative estimate of drug-likeness (QED) is 0.853. The van der Waals surface area contributed by atoms with Crippen molar-refractivity contribution in [3.8, 4) is 0 Å². The molecule has 7 heteroatoms. The van der Waals surface area contributed by atoms with E-state index in [1.807, 2.05) is 0 Å². The van der Waals surface area contributed by atoms with Crippen LogP contribution >= 0.6 is 11.6 Å². The van der Waals surface area contributed by atoms with Crippen molar-refractivity contribution < 1.29 is 13.4 Å². The average Bonchev–Trinajstić information content (AvgIpc) is 3.18. The van der Waals surface area contributed by atoms with Crippen LogP contribution in [0, 0.1) is 5.82 Å². The van der Waals surface area contributed by atoms with Gasteiger partial charge in [0.2, 0.25) is 0 Å². The number of hydrogen-bond donors (Lipinski definition) is 2. The summed E-state index contributed by atoms with van der Waals surface area (Å²) in [5.74, 6) is 0.777. The molecule has 1 saturated heterocycles. The van der Waals surface area contributed by atoms with Crippen molar-refractivity contribution in [2.24, 2.45) is 0 Å². The predicted octanol–water partition coefficient (Wildman–Crippen LogP) is 3.11. The number of amides is 2. The molecule has 0 spiro atoms. The Kier molecular flexibility index (Phi) is 5.45. The molecule has 1 aliphatic heterocycles. The van der Waals surface area contributed by atoms with E-state index in [2.05, 4.69) is 10.6 Å². The highest BCUT2D eigenvalue weighted by Crippen LogP contribution is 2.42. The van der Waals surface area contributed by atoms with Gasteiger partial charge in [-0.15, -0.1) is 0 Å². The Morgan fingerprint density at radius 1 is 1.38 bits per heavy atom. The maximum Gasteiger partial charge on any atom is 0.315 e. The van der Waals surface area contributed by atoms with E-state index in [0.29, 0.717) is 23.6 Å². The van der Waals surface area contributed by atoms with Crippen LogP contribution in [0.5, 0.6) is 0 Å². The Hall–Kier alpha value is -1.14. The van der Waals surface area contributed by atoms with E-state index in [1.165, 1.54) is 0 Å². The number of nitrogens with one attached hydrogen (secondary N) is 2. The standard InChI is InChI=1S/C17H22ClFN2O2S/c18-14-5-3-4-13(15(14)19)17(7-1-2-8-17)11-20-16(22)21-12-6-9-24(23)10-12/h3-5,12H,1-2,6-11H2,(H2,20,21,22). The van der Waals surface area contributed by atoms with Crippen LogP contribution in [-0.2, 0) is 16.2 Å². The summed E-state index contributed by atoms with van der Waals surface area (Å²) >= 11 is 5.94. The Labute approximate surface area is 149 Å². The second kappa shape index (κ2) is 7.40. The summed E-state index contributed by atoms with van der Waals surface area (Å²) < 4.78 is 25.9. The van der Waals surface area contributed by atoms with Crippen LogP contribution in [0.3, 0.4) is 0 Å². The first-order chi connectivity index (χ1) is 11.5. The topological polar surface area (TPSA) is 58.2 Å². The number of urea groups is 1. The monoisotopic (exact) mass is 372 g/mol. The third-order valence-electron chi connectivity index (χ3n) is 5.09. The number of benzene rings is 1. The minimum absolute atomic E-state index is 0.0340. The summed E-state index contributed by atoms with van der Waals surface area (Å²) in [6.45, 7) is 0.381. The van der Waals surface area contributed by atoms with Crippen molar-refractivity contribution in [3.05, 3.63) is 34.6 Å². The second-order valence-electron chi connectivity index (χ2n) is 6.71. The molecule has 1 aliphatic carbocycles. The number of carbonyl (C=O) groups excluding carboxylic acids is 1. The summed E-state index contributed by atoms with van der Waals surface area (Å²) in [4.78, 5) is 12.1. The van der Waals surface area contributed by atoms with Gasteiger partial charge in [-0.3, -0.25) is 4.21 Å². The summed E-state index contributed by atoms with van der Waals surface area (Å²) in [6, 6.07) is 4.77. The first-order valence-electron chi connectivity index (χ1n) is 8.34. The van der Waals surface area contributed by atoms with Gasteiger partial charge in [0.15, 0.2) is 0 Å². The molecule has 2 amide bonds. The lowest BCUT2D eigenvalue weighted by Gasteiger charge is -2.30. The first-order valence-corrected chi connectivity index (χ1v) is 10.2. The maximum absolute atomic E-state index is 14.5. The third-order valence-corrected chi connectivity index (χ3v) is 6.84. The molecule has 1 heterocycles. The zero-order chi connectivity index (χ0) is 17.2. The van der Waals surface area contributed by atoms with Gasteiger partial charge in [-0.2, -0.15) is 0 Å². The lowest BCUT2D eigenvalue weighted by Crippen LogP contribution is -2.47. The van der Waals surface area contributed by atoms with E-state index in [-0.39, 0.29) is 22.9 Å². The fraction of sp³-hybridized carbons (Fsp3) is 0.588. The van der Waals surface area contributed by atoms with Gasteiger partial charge in [-0.05, 0) is 30.9 Å². The van der Waals surface area contributed by atoms with Gasteiger partial charge < -0.3 is 10.6 Å². The molecule has 3 rings (SSSR count). The second-order valence-corrected chi connectivity index (χ2v) is 8.74. The molecule has 0 radical (unpaired) electrons. The molecule has 2 aliphatic rings. The van der Waals surface area contributed by atoms with E-state index < -0.39 is 16.2 Å². The molecule has 0 bridgehead atoms. The number of carbonyl (C=O) groups is 1. The van der Waals surface area contributed by atoms with Gasteiger partial charge in [-0.1, -0.05) is 36.6 Å². The van der Waals surface area contributed by atoms with E-state index in [4.69, 9.17) is 11.6 Å². The summed E-state index contributed by atoms with van der Waals surface area (Å²) in [5, 5.41) is 5.88. The molecule has 1 aromatic rings. The van der Waals surface area contributed by atoms with Crippen molar-refractivity contribution in [3.63, 3.8) is 0 Å². The van der Waals surface area contributed by atoms with Gasteiger partial charge in [0, 0.05) is 40.3 Å². The summed E-state index contributed by atoms with van der Waals surface area (Å²) in [5.41, 5.74) is 0.194. The van der Waals surface area contributed by atoms with E-state index in [1.54, 1.807) is 18.2 Å². The van der Waals surface area contributed by atoms with Crippen LogP contribution in [0.25, 0.3) is 0 Å². The molecular formula is C17H22ClFN2O2S. The van der Waals surface area contributed by atoms with Crippen LogP contribution in [-0.4, -0.2) is 34.3 Å². The smallest absolute Gasteiger partial charge is 0.315 e. The van der Waals surface area contributed by atoms with Gasteiger partial charge >= 0.3 is 6.03 Å². The predicted molar refractivity (Wildman–Crippen MR) is 94.4 cm³/mol. The van der Waals surface area contributed by atoms with E-state index in [0.717, 1.165) is 32.1 Å². The Morgan fingerprint density at radius 3 is 2.79 bits per heavy atom. The van der Waals surface area contributed by atoms with E-state index in [9.17, 15) is 13.4 Å². The van der Waals surface area contributed by atoms with Crippen LogP contribution < -0.4 is 10.6 Å². The van der Waals surface area contributed by atoms with Crippen LogP contribution in [0.1, 0.15) is 37.7 Å². The van der Waals surface area contributed by atoms with Gasteiger partial charge in [0.1, 0.15) is 5.82 Å². The number of hydrogen-bond acceptors (Lipinski definition) is 2. The Morgan fingerprint density at radius 2 is 2.12 bits per heavy atom. The first kappa shape index (κ1) is 17.7. The van der Waals surface area contributed by atoms with Crippen molar-refractivity contribution in [1.82, 2.24) is 10.6 Å². The SMILES string of the molecule is O=C(NCC1(c2cccc(Cl)c2F)CCCC1)NC1CCS(=O)C1. The highest BCUT2D eigenvalue weighted by molar-refractivity contribution is 7.85. The zero-order valence-corrected chi connectivity index (χ0v) is 15.0. The lowest BCUT2D eigenvalue weighted by atomic mass is 9.78. The minimum Gasteiger partial charge on any atom is -0.337 e. The third kappa shape index (κ3) is 3.75. The van der Waals surface area contributed by atoms with Crippen LogP contribution in [0.2, 0.25) is 5.02 Å². The molecule has 2 fully saturated rings. The molecule has 4 nitrogen and oxygen atoms in total. The normalized spacial score (nSPS) is 25.6. The molecule has 2 atom stereocenters. The molecule has 2 unspecified atom stereocenters.